The summed E-state index contributed by atoms with van der Waals surface area (Å²) in [5, 5.41) is 0. The van der Waals surface area contributed by atoms with Gasteiger partial charge in [0.05, 0.1) is 7.11 Å². The van der Waals surface area contributed by atoms with Crippen LogP contribution in [0.25, 0.3) is 6.08 Å². The Balaban J connectivity index is 2.64. The summed E-state index contributed by atoms with van der Waals surface area (Å²) in [7, 11) is 5.69. The maximum Gasteiger partial charge on any atom is 0.160 e. The Morgan fingerprint density at radius 1 is 1.23 bits per heavy atom. The summed E-state index contributed by atoms with van der Waals surface area (Å²) in [6, 6.07) is 7.73. The number of methoxy groups -OCH3 is 1. The topological polar surface area (TPSA) is 29.5 Å². The zero-order valence-corrected chi connectivity index (χ0v) is 14.3. The molecule has 1 aromatic carbocycles. The Morgan fingerprint density at radius 2 is 1.91 bits per heavy atom. The van der Waals surface area contributed by atoms with E-state index in [0.29, 0.717) is 0 Å². The summed E-state index contributed by atoms with van der Waals surface area (Å²) >= 11 is 0. The molecule has 0 heterocycles. The van der Waals surface area contributed by atoms with Crippen molar-refractivity contribution in [3.63, 3.8) is 0 Å². The molecular weight excluding hydrogens is 274 g/mol. The molecule has 1 aromatic rings. The SMILES string of the molecule is CCCCC[C@H](CN(C)C)C(=O)/C=C\c1ccc(OC)cc1. The Labute approximate surface area is 135 Å². The molecule has 0 spiro atoms. The van der Waals surface area contributed by atoms with Crippen molar-refractivity contribution in [1.82, 2.24) is 4.90 Å². The van der Waals surface area contributed by atoms with Gasteiger partial charge in [-0.25, -0.2) is 0 Å². The molecule has 0 aliphatic carbocycles. The van der Waals surface area contributed by atoms with Crippen LogP contribution in [0.3, 0.4) is 0 Å². The molecule has 0 aliphatic rings. The van der Waals surface area contributed by atoms with Crippen LogP contribution in [0, 0.1) is 5.92 Å². The number of nitrogens with zero attached hydrogens (tertiary/aromatic N) is 1. The monoisotopic (exact) mass is 303 g/mol. The number of hydrogen-bond donors (Lipinski definition) is 0. The minimum Gasteiger partial charge on any atom is -0.497 e. The quantitative estimate of drug-likeness (QED) is 0.483. The molecule has 0 unspecified atom stereocenters. The maximum absolute atomic E-state index is 12.4. The third-order valence-corrected chi connectivity index (χ3v) is 3.70. The van der Waals surface area contributed by atoms with Crippen LogP contribution in [0.15, 0.2) is 30.3 Å². The number of rotatable bonds is 10. The second-order valence-corrected chi connectivity index (χ2v) is 5.96. The highest BCUT2D eigenvalue weighted by atomic mass is 16.5. The van der Waals surface area contributed by atoms with E-state index in [4.69, 9.17) is 4.74 Å². The molecule has 3 nitrogen and oxygen atoms in total. The van der Waals surface area contributed by atoms with Gasteiger partial charge >= 0.3 is 0 Å². The number of allylic oxidation sites excluding steroid dienone is 1. The van der Waals surface area contributed by atoms with Crippen molar-refractivity contribution in [1.29, 1.82) is 0 Å². The molecule has 1 atom stereocenters. The average Bonchev–Trinajstić information content (AvgIpc) is 2.52. The predicted molar refractivity (Wildman–Crippen MR) is 93.2 cm³/mol. The van der Waals surface area contributed by atoms with Gasteiger partial charge in [0.2, 0.25) is 0 Å². The first-order valence-electron chi connectivity index (χ1n) is 8.07. The highest BCUT2D eigenvalue weighted by Gasteiger charge is 2.16. The lowest BCUT2D eigenvalue weighted by Crippen LogP contribution is -2.27. The van der Waals surface area contributed by atoms with Crippen LogP contribution in [0.4, 0.5) is 0 Å². The van der Waals surface area contributed by atoms with Crippen molar-refractivity contribution >= 4 is 11.9 Å². The minimum absolute atomic E-state index is 0.0936. The molecule has 0 aliphatic heterocycles. The van der Waals surface area contributed by atoms with Crippen molar-refractivity contribution in [2.24, 2.45) is 5.92 Å². The van der Waals surface area contributed by atoms with E-state index in [1.807, 2.05) is 44.4 Å². The molecule has 0 N–H and O–H groups in total. The molecule has 0 aromatic heterocycles. The number of ether oxygens (including phenoxy) is 1. The predicted octanol–water partition coefficient (Wildman–Crippen LogP) is 4.04. The standard InChI is InChI=1S/C19H29NO2/c1-5-6-7-8-17(15-20(2)3)19(21)14-11-16-9-12-18(22-4)13-10-16/h9-14,17H,5-8,15H2,1-4H3/b14-11-/t17-/m1/s1. The van der Waals surface area contributed by atoms with E-state index in [1.54, 1.807) is 13.2 Å². The molecule has 0 fully saturated rings. The first-order valence-corrected chi connectivity index (χ1v) is 8.07. The van der Waals surface area contributed by atoms with Gasteiger partial charge in [-0.15, -0.1) is 0 Å². The lowest BCUT2D eigenvalue weighted by atomic mass is 9.95. The number of ketones is 1. The van der Waals surface area contributed by atoms with Gasteiger partial charge in [-0.3, -0.25) is 4.79 Å². The smallest absolute Gasteiger partial charge is 0.160 e. The zero-order valence-electron chi connectivity index (χ0n) is 14.3. The first-order chi connectivity index (χ1) is 10.6. The fourth-order valence-electron chi connectivity index (χ4n) is 2.43. The second kappa shape index (κ2) is 10.2. The van der Waals surface area contributed by atoms with Crippen LogP contribution in [-0.2, 0) is 4.79 Å². The molecule has 0 radical (unpaired) electrons. The molecule has 0 saturated carbocycles. The highest BCUT2D eigenvalue weighted by Crippen LogP contribution is 2.15. The lowest BCUT2D eigenvalue weighted by molar-refractivity contribution is -0.118. The molecular formula is C19H29NO2. The van der Waals surface area contributed by atoms with Crippen molar-refractivity contribution in [2.45, 2.75) is 32.6 Å². The van der Waals surface area contributed by atoms with Gasteiger partial charge in [0.25, 0.3) is 0 Å². The number of unbranched alkanes of at least 4 members (excludes halogenated alkanes) is 2. The summed E-state index contributed by atoms with van der Waals surface area (Å²) in [6.45, 7) is 3.00. The van der Waals surface area contributed by atoms with Crippen LogP contribution >= 0.6 is 0 Å². The zero-order chi connectivity index (χ0) is 16.4. The highest BCUT2D eigenvalue weighted by molar-refractivity contribution is 5.95. The van der Waals surface area contributed by atoms with Crippen molar-refractivity contribution in [2.75, 3.05) is 27.7 Å². The number of benzene rings is 1. The third kappa shape index (κ3) is 6.90. The molecule has 0 saturated heterocycles. The molecule has 22 heavy (non-hydrogen) atoms. The van der Waals surface area contributed by atoms with Crippen LogP contribution in [0.1, 0.15) is 38.2 Å². The van der Waals surface area contributed by atoms with E-state index in [1.165, 1.54) is 12.8 Å². The van der Waals surface area contributed by atoms with Crippen LogP contribution < -0.4 is 4.74 Å². The summed E-state index contributed by atoms with van der Waals surface area (Å²) in [5.74, 6) is 1.14. The van der Waals surface area contributed by atoms with Crippen LogP contribution in [-0.4, -0.2) is 38.4 Å². The molecule has 0 amide bonds. The Morgan fingerprint density at radius 3 is 2.45 bits per heavy atom. The fourth-order valence-corrected chi connectivity index (χ4v) is 2.43. The number of hydrogen-bond acceptors (Lipinski definition) is 3. The Hall–Kier alpha value is -1.61. The summed E-state index contributed by atoms with van der Waals surface area (Å²) in [4.78, 5) is 14.5. The number of carbonyl (C=O) groups is 1. The van der Waals surface area contributed by atoms with E-state index in [0.717, 1.165) is 30.7 Å². The molecule has 1 rings (SSSR count). The second-order valence-electron chi connectivity index (χ2n) is 5.96. The average molecular weight is 303 g/mol. The van der Waals surface area contributed by atoms with Gasteiger partial charge in [-0.1, -0.05) is 44.4 Å². The van der Waals surface area contributed by atoms with Crippen molar-refractivity contribution in [3.05, 3.63) is 35.9 Å². The van der Waals surface area contributed by atoms with E-state index < -0.39 is 0 Å². The summed E-state index contributed by atoms with van der Waals surface area (Å²) in [6.07, 6.45) is 8.09. The number of carbonyl (C=O) groups excluding carboxylic acids is 1. The normalized spacial score (nSPS) is 12.8. The van der Waals surface area contributed by atoms with Gasteiger partial charge in [0.1, 0.15) is 5.75 Å². The van der Waals surface area contributed by atoms with E-state index in [2.05, 4.69) is 11.8 Å². The van der Waals surface area contributed by atoms with E-state index in [-0.39, 0.29) is 11.7 Å². The van der Waals surface area contributed by atoms with Crippen molar-refractivity contribution in [3.8, 4) is 5.75 Å². The van der Waals surface area contributed by atoms with E-state index in [9.17, 15) is 4.79 Å². The Kier molecular flexibility index (Phi) is 8.53. The van der Waals surface area contributed by atoms with E-state index >= 15 is 0 Å². The summed E-state index contributed by atoms with van der Waals surface area (Å²) < 4.78 is 5.14. The molecule has 3 heteroatoms. The Bertz CT molecular complexity index is 463. The third-order valence-electron chi connectivity index (χ3n) is 3.70. The van der Waals surface area contributed by atoms with Crippen LogP contribution in [0.2, 0.25) is 0 Å². The van der Waals surface area contributed by atoms with Gasteiger partial charge in [0, 0.05) is 12.5 Å². The molecule has 122 valence electrons. The van der Waals surface area contributed by atoms with Crippen molar-refractivity contribution < 1.29 is 9.53 Å². The maximum atomic E-state index is 12.4. The largest absolute Gasteiger partial charge is 0.497 e. The summed E-state index contributed by atoms with van der Waals surface area (Å²) in [5.41, 5.74) is 1.02. The van der Waals surface area contributed by atoms with Gasteiger partial charge in [-0.05, 0) is 44.3 Å². The minimum atomic E-state index is 0.0936. The fraction of sp³-hybridized carbons (Fsp3) is 0.526. The van der Waals surface area contributed by atoms with Gasteiger partial charge in [-0.2, -0.15) is 0 Å². The lowest BCUT2D eigenvalue weighted by Gasteiger charge is -2.18. The van der Waals surface area contributed by atoms with Gasteiger partial charge in [0.15, 0.2) is 5.78 Å². The first kappa shape index (κ1) is 18.4. The van der Waals surface area contributed by atoms with Gasteiger partial charge < -0.3 is 9.64 Å². The van der Waals surface area contributed by atoms with Crippen LogP contribution in [0.5, 0.6) is 5.75 Å². The molecule has 0 bridgehead atoms.